The summed E-state index contributed by atoms with van der Waals surface area (Å²) in [6, 6.07) is 9.92. The highest BCUT2D eigenvalue weighted by Crippen LogP contribution is 2.25. The molecule has 0 atom stereocenters. The lowest BCUT2D eigenvalue weighted by Gasteiger charge is -2.01. The molecule has 2 aromatic rings. The second kappa shape index (κ2) is 9.53. The van der Waals surface area contributed by atoms with E-state index in [1.54, 1.807) is 11.8 Å². The summed E-state index contributed by atoms with van der Waals surface area (Å²) in [5, 5.41) is 10.9. The van der Waals surface area contributed by atoms with Gasteiger partial charge in [0.1, 0.15) is 0 Å². The Kier molecular flexibility index (Phi) is 7.37. The Morgan fingerprint density at radius 2 is 2.00 bits per heavy atom. The van der Waals surface area contributed by atoms with Gasteiger partial charge in [-0.3, -0.25) is 9.59 Å². The molecule has 0 radical (unpaired) electrons. The highest BCUT2D eigenvalue weighted by Gasteiger charge is 2.10. The fourth-order valence-corrected chi connectivity index (χ4v) is 3.93. The van der Waals surface area contributed by atoms with E-state index in [1.807, 2.05) is 30.3 Å². The van der Waals surface area contributed by atoms with Crippen molar-refractivity contribution in [3.05, 3.63) is 30.3 Å². The van der Waals surface area contributed by atoms with Crippen LogP contribution in [0.1, 0.15) is 6.42 Å². The van der Waals surface area contributed by atoms with Gasteiger partial charge in [0.2, 0.25) is 11.0 Å². The molecule has 1 N–H and O–H groups in total. The quantitative estimate of drug-likeness (QED) is 0.435. The largest absolute Gasteiger partial charge is 0.468 e. The van der Waals surface area contributed by atoms with Crippen LogP contribution in [0.4, 0.5) is 5.13 Å². The van der Waals surface area contributed by atoms with E-state index < -0.39 is 0 Å². The molecule has 0 bridgehead atoms. The van der Waals surface area contributed by atoms with Crippen LogP contribution in [0.15, 0.2) is 39.6 Å². The van der Waals surface area contributed by atoms with Crippen molar-refractivity contribution in [2.24, 2.45) is 0 Å². The molecule has 1 aromatic heterocycles. The maximum atomic E-state index is 11.9. The van der Waals surface area contributed by atoms with Gasteiger partial charge in [-0.25, -0.2) is 0 Å². The first-order valence-electron chi connectivity index (χ1n) is 6.68. The van der Waals surface area contributed by atoms with E-state index in [9.17, 15) is 9.59 Å². The van der Waals surface area contributed by atoms with Crippen LogP contribution in [-0.2, 0) is 14.3 Å². The summed E-state index contributed by atoms with van der Waals surface area (Å²) in [6.45, 7) is 0. The summed E-state index contributed by atoms with van der Waals surface area (Å²) in [6.07, 6.45) is 0.393. The Labute approximate surface area is 146 Å². The van der Waals surface area contributed by atoms with Crippen LogP contribution in [0.5, 0.6) is 0 Å². The fraction of sp³-hybridized carbons (Fsp3) is 0.286. The predicted octanol–water partition coefficient (Wildman–Crippen LogP) is 2.92. The number of carbonyl (C=O) groups is 2. The number of benzene rings is 1. The number of hydrogen-bond acceptors (Lipinski definition) is 8. The molecule has 1 amide bonds. The molecule has 9 heteroatoms. The number of esters is 1. The zero-order chi connectivity index (χ0) is 16.5. The van der Waals surface area contributed by atoms with Gasteiger partial charge in [0.25, 0.3) is 0 Å². The van der Waals surface area contributed by atoms with Gasteiger partial charge < -0.3 is 10.1 Å². The van der Waals surface area contributed by atoms with Crippen molar-refractivity contribution < 1.29 is 14.3 Å². The number of nitrogens with zero attached hydrogens (tertiary/aromatic N) is 2. The van der Waals surface area contributed by atoms with E-state index in [2.05, 4.69) is 20.3 Å². The molecule has 1 aromatic carbocycles. The van der Waals surface area contributed by atoms with Crippen LogP contribution in [0.2, 0.25) is 0 Å². The van der Waals surface area contributed by atoms with Gasteiger partial charge in [0, 0.05) is 17.1 Å². The second-order valence-corrected chi connectivity index (χ2v) is 7.57. The third kappa shape index (κ3) is 6.59. The summed E-state index contributed by atoms with van der Waals surface area (Å²) in [5.74, 6) is 0.439. The van der Waals surface area contributed by atoms with E-state index in [1.165, 1.54) is 30.2 Å². The number of hydrogen-bond donors (Lipinski definition) is 1. The highest BCUT2D eigenvalue weighted by molar-refractivity contribution is 8.01. The normalized spacial score (nSPS) is 10.3. The molecule has 0 aliphatic carbocycles. The molecule has 0 unspecified atom stereocenters. The van der Waals surface area contributed by atoms with Crippen LogP contribution < -0.4 is 5.32 Å². The molecule has 1 heterocycles. The predicted molar refractivity (Wildman–Crippen MR) is 93.1 cm³/mol. The van der Waals surface area contributed by atoms with Gasteiger partial charge in [-0.05, 0) is 12.1 Å². The number of carbonyl (C=O) groups excluding carboxylic acids is 2. The standard InChI is InChI=1S/C14H15N3O3S3/c1-20-12(19)9-22-14-17-16-13(23-14)15-11(18)7-8-21-10-5-3-2-4-6-10/h2-6H,7-9H2,1H3,(H,15,16,18). The molecule has 0 aliphatic heterocycles. The third-order valence-corrected chi connectivity index (χ3v) is 5.49. The van der Waals surface area contributed by atoms with Crippen LogP contribution >= 0.6 is 34.9 Å². The lowest BCUT2D eigenvalue weighted by atomic mass is 10.4. The first-order chi connectivity index (χ1) is 11.2. The zero-order valence-electron chi connectivity index (χ0n) is 12.4. The van der Waals surface area contributed by atoms with Crippen LogP contribution in [0.3, 0.4) is 0 Å². The molecule has 0 aliphatic rings. The molecule has 0 spiro atoms. The highest BCUT2D eigenvalue weighted by atomic mass is 32.2. The summed E-state index contributed by atoms with van der Waals surface area (Å²) < 4.78 is 5.16. The number of anilines is 1. The molecule has 122 valence electrons. The Morgan fingerprint density at radius 1 is 1.22 bits per heavy atom. The smallest absolute Gasteiger partial charge is 0.316 e. The van der Waals surface area contributed by atoms with Gasteiger partial charge in [-0.2, -0.15) is 0 Å². The average molecular weight is 369 g/mol. The van der Waals surface area contributed by atoms with Crippen LogP contribution in [0.25, 0.3) is 0 Å². The summed E-state index contributed by atoms with van der Waals surface area (Å²) >= 11 is 4.10. The number of methoxy groups -OCH3 is 1. The molecular formula is C14H15N3O3S3. The van der Waals surface area contributed by atoms with E-state index in [0.717, 1.165) is 4.90 Å². The van der Waals surface area contributed by atoms with Gasteiger partial charge in [0.05, 0.1) is 12.9 Å². The minimum absolute atomic E-state index is 0.103. The Bertz CT molecular complexity index is 649. The molecule has 2 rings (SSSR count). The average Bonchev–Trinajstić information content (AvgIpc) is 3.01. The number of nitrogens with one attached hydrogen (secondary N) is 1. The van der Waals surface area contributed by atoms with E-state index in [4.69, 9.17) is 0 Å². The lowest BCUT2D eigenvalue weighted by molar-refractivity contribution is -0.137. The SMILES string of the molecule is COC(=O)CSc1nnc(NC(=O)CCSc2ccccc2)s1. The first-order valence-corrected chi connectivity index (χ1v) is 9.47. The summed E-state index contributed by atoms with van der Waals surface area (Å²) in [7, 11) is 1.34. The van der Waals surface area contributed by atoms with Crippen LogP contribution in [-0.4, -0.2) is 40.7 Å². The minimum atomic E-state index is -0.325. The number of ether oxygens (including phenoxy) is 1. The van der Waals surface area contributed by atoms with Gasteiger partial charge in [-0.15, -0.1) is 22.0 Å². The van der Waals surface area contributed by atoms with Crippen molar-refractivity contribution in [2.45, 2.75) is 15.7 Å². The monoisotopic (exact) mass is 369 g/mol. The van der Waals surface area contributed by atoms with Crippen molar-refractivity contribution in [3.63, 3.8) is 0 Å². The van der Waals surface area contributed by atoms with Gasteiger partial charge in [0.15, 0.2) is 4.34 Å². The molecule has 0 saturated carbocycles. The van der Waals surface area contributed by atoms with E-state index in [-0.39, 0.29) is 17.6 Å². The molecular weight excluding hydrogens is 354 g/mol. The maximum Gasteiger partial charge on any atom is 0.316 e. The lowest BCUT2D eigenvalue weighted by Crippen LogP contribution is -2.11. The fourth-order valence-electron chi connectivity index (χ4n) is 1.46. The number of thioether (sulfide) groups is 2. The van der Waals surface area contributed by atoms with Crippen molar-refractivity contribution >= 4 is 51.9 Å². The number of aromatic nitrogens is 2. The number of rotatable bonds is 8. The van der Waals surface area contributed by atoms with Gasteiger partial charge >= 0.3 is 5.97 Å². The van der Waals surface area contributed by atoms with E-state index >= 15 is 0 Å². The van der Waals surface area contributed by atoms with Crippen molar-refractivity contribution in [2.75, 3.05) is 23.9 Å². The Balaban J connectivity index is 1.71. The number of amides is 1. The van der Waals surface area contributed by atoms with E-state index in [0.29, 0.717) is 21.6 Å². The first kappa shape index (κ1) is 17.8. The van der Waals surface area contributed by atoms with Crippen molar-refractivity contribution in [3.8, 4) is 0 Å². The summed E-state index contributed by atoms with van der Waals surface area (Å²) in [4.78, 5) is 24.0. The Morgan fingerprint density at radius 3 is 2.74 bits per heavy atom. The Hall–Kier alpha value is -1.58. The topological polar surface area (TPSA) is 81.2 Å². The van der Waals surface area contributed by atoms with Crippen molar-refractivity contribution in [1.29, 1.82) is 0 Å². The minimum Gasteiger partial charge on any atom is -0.468 e. The maximum absolute atomic E-state index is 11.9. The molecule has 23 heavy (non-hydrogen) atoms. The van der Waals surface area contributed by atoms with Crippen molar-refractivity contribution in [1.82, 2.24) is 10.2 Å². The molecule has 0 fully saturated rings. The van der Waals surface area contributed by atoms with Gasteiger partial charge in [-0.1, -0.05) is 41.3 Å². The molecule has 6 nitrogen and oxygen atoms in total. The zero-order valence-corrected chi connectivity index (χ0v) is 14.8. The van der Waals surface area contributed by atoms with Crippen LogP contribution in [0, 0.1) is 0 Å². The summed E-state index contributed by atoms with van der Waals surface area (Å²) in [5.41, 5.74) is 0. The molecule has 0 saturated heterocycles. The second-order valence-electron chi connectivity index (χ2n) is 4.20. The third-order valence-electron chi connectivity index (χ3n) is 2.54.